The van der Waals surface area contributed by atoms with Crippen LogP contribution < -0.4 is 5.32 Å². The quantitative estimate of drug-likeness (QED) is 0.848. The molecule has 2 heterocycles. The molecule has 3 heteroatoms. The van der Waals surface area contributed by atoms with E-state index < -0.39 is 0 Å². The first kappa shape index (κ1) is 14.8. The molecule has 3 nitrogen and oxygen atoms in total. The van der Waals surface area contributed by atoms with Crippen LogP contribution in [0.25, 0.3) is 0 Å². The molecule has 2 unspecified atom stereocenters. The number of hydrogen-bond acceptors (Lipinski definition) is 2. The lowest BCUT2D eigenvalue weighted by Crippen LogP contribution is -2.54. The highest BCUT2D eigenvalue weighted by atomic mass is 16.2. The molecule has 0 aromatic heterocycles. The van der Waals surface area contributed by atoms with Gasteiger partial charge in [0, 0.05) is 19.6 Å². The van der Waals surface area contributed by atoms with Crippen molar-refractivity contribution in [2.24, 2.45) is 11.3 Å². The van der Waals surface area contributed by atoms with Crippen molar-refractivity contribution >= 4 is 5.91 Å². The summed E-state index contributed by atoms with van der Waals surface area (Å²) in [7, 11) is 0. The zero-order valence-corrected chi connectivity index (χ0v) is 12.7. The predicted molar refractivity (Wildman–Crippen MR) is 79.0 cm³/mol. The molecule has 2 atom stereocenters. The fourth-order valence-electron chi connectivity index (χ4n) is 3.87. The second-order valence-electron chi connectivity index (χ2n) is 6.48. The van der Waals surface area contributed by atoms with Gasteiger partial charge in [0.25, 0.3) is 0 Å². The van der Waals surface area contributed by atoms with E-state index in [9.17, 15) is 4.79 Å². The summed E-state index contributed by atoms with van der Waals surface area (Å²) in [5.74, 6) is 1.17. The molecule has 2 fully saturated rings. The molecular formula is C16H30N2O. The van der Waals surface area contributed by atoms with E-state index in [1.165, 1.54) is 19.3 Å². The van der Waals surface area contributed by atoms with E-state index in [2.05, 4.69) is 24.1 Å². The van der Waals surface area contributed by atoms with Crippen LogP contribution in [-0.2, 0) is 4.79 Å². The van der Waals surface area contributed by atoms with Crippen LogP contribution in [0.3, 0.4) is 0 Å². The number of rotatable bonds is 4. The van der Waals surface area contributed by atoms with Gasteiger partial charge in [0.1, 0.15) is 0 Å². The Hall–Kier alpha value is -0.570. The topological polar surface area (TPSA) is 32.3 Å². The van der Waals surface area contributed by atoms with E-state index in [0.717, 1.165) is 57.8 Å². The van der Waals surface area contributed by atoms with Crippen molar-refractivity contribution in [1.82, 2.24) is 10.2 Å². The number of hydrogen-bond donors (Lipinski definition) is 1. The number of likely N-dealkylation sites (tertiary alicyclic amines) is 1. The summed E-state index contributed by atoms with van der Waals surface area (Å²) < 4.78 is 0. The van der Waals surface area contributed by atoms with Crippen molar-refractivity contribution in [2.75, 3.05) is 26.2 Å². The van der Waals surface area contributed by atoms with E-state index in [1.807, 2.05) is 0 Å². The lowest BCUT2D eigenvalue weighted by molar-refractivity contribution is -0.145. The zero-order valence-electron chi connectivity index (χ0n) is 12.7. The molecule has 0 radical (unpaired) electrons. The largest absolute Gasteiger partial charge is 0.342 e. The predicted octanol–water partition coefficient (Wildman–Crippen LogP) is 2.80. The van der Waals surface area contributed by atoms with Crippen LogP contribution in [0.2, 0.25) is 0 Å². The summed E-state index contributed by atoms with van der Waals surface area (Å²) in [5, 5.41) is 3.46. The van der Waals surface area contributed by atoms with Gasteiger partial charge in [-0.3, -0.25) is 4.79 Å². The maximum Gasteiger partial charge on any atom is 0.230 e. The molecule has 1 amide bonds. The molecular weight excluding hydrogens is 236 g/mol. The molecule has 1 N–H and O–H groups in total. The zero-order chi connectivity index (χ0) is 13.7. The SMILES string of the molecule is CCCC1(C(=O)N2CCCC(CC)C2)CCCNC1. The van der Waals surface area contributed by atoms with Crippen LogP contribution in [0.5, 0.6) is 0 Å². The smallest absolute Gasteiger partial charge is 0.230 e. The molecule has 2 aliphatic rings. The third-order valence-corrected chi connectivity index (χ3v) is 5.04. The van der Waals surface area contributed by atoms with Gasteiger partial charge in [0.15, 0.2) is 0 Å². The first-order valence-electron chi connectivity index (χ1n) is 8.22. The molecule has 2 saturated heterocycles. The van der Waals surface area contributed by atoms with Crippen LogP contribution >= 0.6 is 0 Å². The molecule has 0 aliphatic carbocycles. The maximum atomic E-state index is 13.0. The maximum absolute atomic E-state index is 13.0. The van der Waals surface area contributed by atoms with Crippen molar-refractivity contribution in [3.05, 3.63) is 0 Å². The minimum atomic E-state index is -0.0946. The van der Waals surface area contributed by atoms with E-state index in [1.54, 1.807) is 0 Å². The molecule has 0 saturated carbocycles. The van der Waals surface area contributed by atoms with Crippen LogP contribution in [0.1, 0.15) is 58.8 Å². The molecule has 110 valence electrons. The average molecular weight is 266 g/mol. The Labute approximate surface area is 118 Å². The fourth-order valence-corrected chi connectivity index (χ4v) is 3.87. The minimum absolute atomic E-state index is 0.0946. The van der Waals surface area contributed by atoms with Gasteiger partial charge in [-0.05, 0) is 44.6 Å². The van der Waals surface area contributed by atoms with Crippen LogP contribution in [0.4, 0.5) is 0 Å². The van der Waals surface area contributed by atoms with Gasteiger partial charge < -0.3 is 10.2 Å². The number of amides is 1. The summed E-state index contributed by atoms with van der Waals surface area (Å²) in [6.07, 6.45) is 8.10. The highest BCUT2D eigenvalue weighted by Crippen LogP contribution is 2.35. The van der Waals surface area contributed by atoms with Gasteiger partial charge in [-0.1, -0.05) is 26.7 Å². The molecule has 0 aromatic rings. The first-order chi connectivity index (χ1) is 9.22. The summed E-state index contributed by atoms with van der Waals surface area (Å²) in [6.45, 7) is 8.42. The normalized spacial score (nSPS) is 32.3. The number of nitrogens with one attached hydrogen (secondary N) is 1. The number of nitrogens with zero attached hydrogens (tertiary/aromatic N) is 1. The Morgan fingerprint density at radius 1 is 1.37 bits per heavy atom. The summed E-state index contributed by atoms with van der Waals surface area (Å²) >= 11 is 0. The van der Waals surface area contributed by atoms with Crippen molar-refractivity contribution in [2.45, 2.75) is 58.8 Å². The third kappa shape index (κ3) is 3.31. The Balaban J connectivity index is 2.05. The Kier molecular flexibility index (Phi) is 5.26. The minimum Gasteiger partial charge on any atom is -0.342 e. The molecule has 2 rings (SSSR count). The van der Waals surface area contributed by atoms with Crippen molar-refractivity contribution in [1.29, 1.82) is 0 Å². The monoisotopic (exact) mass is 266 g/mol. The van der Waals surface area contributed by atoms with E-state index in [-0.39, 0.29) is 5.41 Å². The van der Waals surface area contributed by atoms with Crippen molar-refractivity contribution in [3.8, 4) is 0 Å². The van der Waals surface area contributed by atoms with Gasteiger partial charge in [0.2, 0.25) is 5.91 Å². The fraction of sp³-hybridized carbons (Fsp3) is 0.938. The first-order valence-corrected chi connectivity index (χ1v) is 8.22. The van der Waals surface area contributed by atoms with Gasteiger partial charge in [-0.15, -0.1) is 0 Å². The van der Waals surface area contributed by atoms with Crippen LogP contribution in [0, 0.1) is 11.3 Å². The molecule has 2 aliphatic heterocycles. The Bertz CT molecular complexity index is 292. The Morgan fingerprint density at radius 2 is 2.21 bits per heavy atom. The summed E-state index contributed by atoms with van der Waals surface area (Å²) in [5.41, 5.74) is -0.0946. The van der Waals surface area contributed by atoms with Gasteiger partial charge in [-0.2, -0.15) is 0 Å². The highest BCUT2D eigenvalue weighted by Gasteiger charge is 2.42. The van der Waals surface area contributed by atoms with Gasteiger partial charge in [-0.25, -0.2) is 0 Å². The number of carbonyl (C=O) groups excluding carboxylic acids is 1. The molecule has 19 heavy (non-hydrogen) atoms. The number of piperidine rings is 2. The molecule has 0 aromatic carbocycles. The standard InChI is InChI=1S/C16H30N2O/c1-3-8-16(9-6-10-17-13-16)15(19)18-11-5-7-14(4-2)12-18/h14,17H,3-13H2,1-2H3. The summed E-state index contributed by atoms with van der Waals surface area (Å²) in [4.78, 5) is 15.2. The number of carbonyl (C=O) groups is 1. The molecule has 0 bridgehead atoms. The summed E-state index contributed by atoms with van der Waals surface area (Å²) in [6, 6.07) is 0. The van der Waals surface area contributed by atoms with Gasteiger partial charge >= 0.3 is 0 Å². The second kappa shape index (κ2) is 6.74. The Morgan fingerprint density at radius 3 is 2.84 bits per heavy atom. The van der Waals surface area contributed by atoms with Gasteiger partial charge in [0.05, 0.1) is 5.41 Å². The second-order valence-corrected chi connectivity index (χ2v) is 6.48. The lowest BCUT2D eigenvalue weighted by atomic mass is 9.75. The van der Waals surface area contributed by atoms with Crippen molar-refractivity contribution < 1.29 is 4.79 Å². The van der Waals surface area contributed by atoms with Crippen LogP contribution in [-0.4, -0.2) is 37.0 Å². The van der Waals surface area contributed by atoms with Crippen LogP contribution in [0.15, 0.2) is 0 Å². The molecule has 0 spiro atoms. The third-order valence-electron chi connectivity index (χ3n) is 5.04. The van der Waals surface area contributed by atoms with E-state index in [4.69, 9.17) is 0 Å². The average Bonchev–Trinajstić information content (AvgIpc) is 2.48. The highest BCUT2D eigenvalue weighted by molar-refractivity contribution is 5.83. The van der Waals surface area contributed by atoms with Crippen molar-refractivity contribution in [3.63, 3.8) is 0 Å². The van der Waals surface area contributed by atoms with E-state index in [0.29, 0.717) is 5.91 Å². The lowest BCUT2D eigenvalue weighted by Gasteiger charge is -2.42. The van der Waals surface area contributed by atoms with E-state index >= 15 is 0 Å².